The molecule has 1 saturated heterocycles. The maximum atomic E-state index is 5.79. The van der Waals surface area contributed by atoms with Crippen molar-refractivity contribution in [2.24, 2.45) is 0 Å². The van der Waals surface area contributed by atoms with Gasteiger partial charge in [-0.2, -0.15) is 0 Å². The number of rotatable bonds is 5. The van der Waals surface area contributed by atoms with Gasteiger partial charge in [0.05, 0.1) is 0 Å². The molecule has 0 saturated carbocycles. The Balaban J connectivity index is 1.61. The lowest BCUT2D eigenvalue weighted by molar-refractivity contribution is 0.154. The van der Waals surface area contributed by atoms with Crippen LogP contribution in [0.15, 0.2) is 12.4 Å². The van der Waals surface area contributed by atoms with Gasteiger partial charge in [0, 0.05) is 38.8 Å². The summed E-state index contributed by atoms with van der Waals surface area (Å²) < 4.78 is 0. The molecule has 1 fully saturated rings. The minimum absolute atomic E-state index is 0.478. The highest BCUT2D eigenvalue weighted by atomic mass is 35.5. The summed E-state index contributed by atoms with van der Waals surface area (Å²) in [5.74, 6) is 0.799. The van der Waals surface area contributed by atoms with Crippen molar-refractivity contribution in [1.29, 1.82) is 0 Å². The van der Waals surface area contributed by atoms with Gasteiger partial charge in [-0.05, 0) is 20.0 Å². The number of nitrogens with zero attached hydrogens (tertiary/aromatic N) is 4. The number of likely N-dealkylation sites (N-methyl/N-ethyl adjacent to an activating group) is 1. The second-order valence-corrected chi connectivity index (χ2v) is 5.04. The van der Waals surface area contributed by atoms with Gasteiger partial charge in [-0.1, -0.05) is 11.6 Å². The summed E-state index contributed by atoms with van der Waals surface area (Å²) in [5, 5.41) is 3.74. The second-order valence-electron chi connectivity index (χ2n) is 4.65. The number of piperazine rings is 1. The quantitative estimate of drug-likeness (QED) is 0.642. The van der Waals surface area contributed by atoms with Gasteiger partial charge < -0.3 is 15.1 Å². The number of anilines is 1. The number of nitrogens with one attached hydrogen (secondary N) is 1. The summed E-state index contributed by atoms with van der Waals surface area (Å²) in [6, 6.07) is 1.75. The van der Waals surface area contributed by atoms with Crippen LogP contribution in [0.25, 0.3) is 0 Å². The van der Waals surface area contributed by atoms with Crippen molar-refractivity contribution >= 4 is 17.4 Å². The van der Waals surface area contributed by atoms with Crippen molar-refractivity contribution in [3.63, 3.8) is 0 Å². The van der Waals surface area contributed by atoms with E-state index in [-0.39, 0.29) is 0 Å². The zero-order chi connectivity index (χ0) is 12.8. The molecule has 1 aliphatic heterocycles. The first-order chi connectivity index (χ1) is 8.74. The van der Waals surface area contributed by atoms with Gasteiger partial charge in [-0.25, -0.2) is 9.97 Å². The van der Waals surface area contributed by atoms with Crippen molar-refractivity contribution in [2.45, 2.75) is 6.42 Å². The Morgan fingerprint density at radius 2 is 2.06 bits per heavy atom. The van der Waals surface area contributed by atoms with Gasteiger partial charge in [0.25, 0.3) is 0 Å². The van der Waals surface area contributed by atoms with Crippen LogP contribution in [0.5, 0.6) is 0 Å². The van der Waals surface area contributed by atoms with E-state index < -0.39 is 0 Å². The van der Waals surface area contributed by atoms with E-state index in [0.717, 1.165) is 25.3 Å². The molecule has 0 aromatic carbocycles. The standard InChI is InChI=1S/C12H20ClN5/c1-17-5-7-18(8-6-17)4-2-3-14-12-9-11(13)15-10-16-12/h9-10H,2-8H2,1H3,(H,14,15,16). The molecule has 1 aromatic heterocycles. The number of aromatic nitrogens is 2. The van der Waals surface area contributed by atoms with E-state index in [0.29, 0.717) is 5.15 Å². The molecule has 2 heterocycles. The summed E-state index contributed by atoms with van der Waals surface area (Å²) in [4.78, 5) is 12.8. The third-order valence-corrected chi connectivity index (χ3v) is 3.39. The average Bonchev–Trinajstić information content (AvgIpc) is 2.37. The molecule has 1 aromatic rings. The predicted molar refractivity (Wildman–Crippen MR) is 74.1 cm³/mol. The third kappa shape index (κ3) is 4.40. The average molecular weight is 270 g/mol. The minimum atomic E-state index is 0.478. The van der Waals surface area contributed by atoms with Gasteiger partial charge >= 0.3 is 0 Å². The molecule has 18 heavy (non-hydrogen) atoms. The van der Waals surface area contributed by atoms with Crippen LogP contribution < -0.4 is 5.32 Å². The molecular formula is C12H20ClN5. The van der Waals surface area contributed by atoms with Gasteiger partial charge in [-0.15, -0.1) is 0 Å². The highest BCUT2D eigenvalue weighted by Crippen LogP contribution is 2.08. The van der Waals surface area contributed by atoms with Crippen molar-refractivity contribution < 1.29 is 0 Å². The first-order valence-corrected chi connectivity index (χ1v) is 6.74. The Morgan fingerprint density at radius 3 is 2.78 bits per heavy atom. The maximum absolute atomic E-state index is 5.79. The predicted octanol–water partition coefficient (Wildman–Crippen LogP) is 1.18. The normalized spacial score (nSPS) is 17.9. The lowest BCUT2D eigenvalue weighted by atomic mass is 10.3. The molecule has 2 rings (SSSR count). The van der Waals surface area contributed by atoms with Gasteiger partial charge in [0.2, 0.25) is 0 Å². The largest absolute Gasteiger partial charge is 0.370 e. The zero-order valence-electron chi connectivity index (χ0n) is 10.8. The highest BCUT2D eigenvalue weighted by molar-refractivity contribution is 6.29. The summed E-state index contributed by atoms with van der Waals surface area (Å²) in [6.45, 7) is 6.76. The monoisotopic (exact) mass is 269 g/mol. The van der Waals surface area contributed by atoms with Crippen LogP contribution in [0.1, 0.15) is 6.42 Å². The fourth-order valence-corrected chi connectivity index (χ4v) is 2.17. The van der Waals surface area contributed by atoms with Crippen molar-refractivity contribution in [1.82, 2.24) is 19.8 Å². The molecule has 0 atom stereocenters. The SMILES string of the molecule is CN1CCN(CCCNc2cc(Cl)ncn2)CC1. The number of hydrogen-bond donors (Lipinski definition) is 1. The van der Waals surface area contributed by atoms with E-state index in [9.17, 15) is 0 Å². The van der Waals surface area contributed by atoms with Crippen LogP contribution in [-0.2, 0) is 0 Å². The van der Waals surface area contributed by atoms with E-state index in [1.54, 1.807) is 6.07 Å². The summed E-state index contributed by atoms with van der Waals surface area (Å²) in [6.07, 6.45) is 2.59. The maximum Gasteiger partial charge on any atom is 0.134 e. The molecule has 5 nitrogen and oxygen atoms in total. The summed E-state index contributed by atoms with van der Waals surface area (Å²) in [7, 11) is 2.18. The minimum Gasteiger partial charge on any atom is -0.370 e. The van der Waals surface area contributed by atoms with Crippen LogP contribution >= 0.6 is 11.6 Å². The number of halogens is 1. The summed E-state index contributed by atoms with van der Waals surface area (Å²) in [5.41, 5.74) is 0. The first kappa shape index (κ1) is 13.5. The Morgan fingerprint density at radius 1 is 1.28 bits per heavy atom. The van der Waals surface area contributed by atoms with Gasteiger partial charge in [-0.3, -0.25) is 0 Å². The Kier molecular flexibility index (Phi) is 5.16. The molecule has 0 unspecified atom stereocenters. The molecule has 0 bridgehead atoms. The van der Waals surface area contributed by atoms with Crippen LogP contribution in [-0.4, -0.2) is 66.1 Å². The van der Waals surface area contributed by atoms with Crippen LogP contribution in [0.4, 0.5) is 5.82 Å². The topological polar surface area (TPSA) is 44.3 Å². The van der Waals surface area contributed by atoms with Crippen molar-refractivity contribution in [2.75, 3.05) is 51.6 Å². The Labute approximate surface area is 113 Å². The zero-order valence-corrected chi connectivity index (χ0v) is 11.5. The van der Waals surface area contributed by atoms with E-state index in [2.05, 4.69) is 32.1 Å². The summed E-state index contributed by atoms with van der Waals surface area (Å²) >= 11 is 5.79. The molecule has 6 heteroatoms. The van der Waals surface area contributed by atoms with Crippen LogP contribution in [0, 0.1) is 0 Å². The van der Waals surface area contributed by atoms with Crippen LogP contribution in [0.3, 0.4) is 0 Å². The van der Waals surface area contributed by atoms with E-state index >= 15 is 0 Å². The number of hydrogen-bond acceptors (Lipinski definition) is 5. The van der Waals surface area contributed by atoms with E-state index in [4.69, 9.17) is 11.6 Å². The molecule has 0 radical (unpaired) electrons. The Hall–Kier alpha value is -0.910. The van der Waals surface area contributed by atoms with Crippen molar-refractivity contribution in [3.05, 3.63) is 17.5 Å². The van der Waals surface area contributed by atoms with Crippen molar-refractivity contribution in [3.8, 4) is 0 Å². The lowest BCUT2D eigenvalue weighted by Gasteiger charge is -2.32. The van der Waals surface area contributed by atoms with E-state index in [1.165, 1.54) is 32.5 Å². The van der Waals surface area contributed by atoms with Gasteiger partial charge in [0.1, 0.15) is 17.3 Å². The molecule has 0 aliphatic carbocycles. The molecule has 1 N–H and O–H groups in total. The van der Waals surface area contributed by atoms with Crippen LogP contribution in [0.2, 0.25) is 5.15 Å². The highest BCUT2D eigenvalue weighted by Gasteiger charge is 2.12. The molecule has 100 valence electrons. The third-order valence-electron chi connectivity index (χ3n) is 3.19. The Bertz CT molecular complexity index is 365. The molecule has 0 spiro atoms. The molecular weight excluding hydrogens is 250 g/mol. The second kappa shape index (κ2) is 6.87. The first-order valence-electron chi connectivity index (χ1n) is 6.36. The fourth-order valence-electron chi connectivity index (χ4n) is 2.02. The smallest absolute Gasteiger partial charge is 0.134 e. The molecule has 0 amide bonds. The fraction of sp³-hybridized carbons (Fsp3) is 0.667. The van der Waals surface area contributed by atoms with Gasteiger partial charge in [0.15, 0.2) is 0 Å². The molecule has 1 aliphatic rings. The van der Waals surface area contributed by atoms with E-state index in [1.807, 2.05) is 0 Å². The lowest BCUT2D eigenvalue weighted by Crippen LogP contribution is -2.44.